The number of aromatic amines is 1. The van der Waals surface area contributed by atoms with E-state index in [1.54, 1.807) is 6.20 Å². The normalized spacial score (nSPS) is 14.5. The third kappa shape index (κ3) is 7.30. The van der Waals surface area contributed by atoms with E-state index in [-0.39, 0.29) is 12.1 Å². The number of piperazine rings is 1. The second-order valence-electron chi connectivity index (χ2n) is 10.4. The van der Waals surface area contributed by atoms with Gasteiger partial charge < -0.3 is 20.4 Å². The van der Waals surface area contributed by atoms with Gasteiger partial charge in [-0.25, -0.2) is 14.8 Å². The molecule has 0 aliphatic carbocycles. The van der Waals surface area contributed by atoms with Crippen LogP contribution in [0.25, 0.3) is 0 Å². The molecule has 2 amide bonds. The molecule has 1 atom stereocenters. The van der Waals surface area contributed by atoms with Crippen LogP contribution in [-0.2, 0) is 0 Å². The molecule has 0 aromatic carbocycles. The Kier molecular flexibility index (Phi) is 7.78. The van der Waals surface area contributed by atoms with Crippen LogP contribution in [0.5, 0.6) is 0 Å². The zero-order valence-corrected chi connectivity index (χ0v) is 23.4. The summed E-state index contributed by atoms with van der Waals surface area (Å²) >= 11 is 0. The van der Waals surface area contributed by atoms with E-state index in [4.69, 9.17) is 0 Å². The molecule has 0 saturated carbocycles. The van der Waals surface area contributed by atoms with Crippen LogP contribution < -0.4 is 15.5 Å². The summed E-state index contributed by atoms with van der Waals surface area (Å²) in [5.41, 5.74) is 6.87. The first kappa shape index (κ1) is 26.2. The van der Waals surface area contributed by atoms with Crippen LogP contribution in [0.4, 0.5) is 22.4 Å². The van der Waals surface area contributed by atoms with Gasteiger partial charge in [-0.15, -0.1) is 5.54 Å². The zero-order chi connectivity index (χ0) is 26.6. The molecule has 1 fully saturated rings. The molecule has 1 saturated heterocycles. The zero-order valence-electron chi connectivity index (χ0n) is 22.4. The highest BCUT2D eigenvalue weighted by Crippen LogP contribution is 2.19. The van der Waals surface area contributed by atoms with Crippen LogP contribution in [0.1, 0.15) is 35.6 Å². The average molecular weight is 518 g/mol. The average Bonchev–Trinajstić information content (AvgIpc) is 3.26. The monoisotopic (exact) mass is 517 g/mol. The van der Waals surface area contributed by atoms with Crippen molar-refractivity contribution in [1.29, 1.82) is 0 Å². The number of amides is 2. The number of aromatic nitrogens is 5. The smallest absolute Gasteiger partial charge is 0.317 e. The summed E-state index contributed by atoms with van der Waals surface area (Å²) in [6.45, 7) is 14.9. The number of hydrogen-bond donors (Lipinski definition) is 3. The van der Waals surface area contributed by atoms with Gasteiger partial charge >= 0.3 is 6.03 Å². The number of pyridine rings is 1. The van der Waals surface area contributed by atoms with Crippen LogP contribution in [0, 0.1) is 25.3 Å². The Balaban J connectivity index is 1.31. The van der Waals surface area contributed by atoms with Crippen molar-refractivity contribution in [2.45, 2.75) is 46.5 Å². The van der Waals surface area contributed by atoms with E-state index in [0.29, 0.717) is 43.8 Å². The first-order valence-corrected chi connectivity index (χ1v) is 16.0. The summed E-state index contributed by atoms with van der Waals surface area (Å²) in [5.74, 6) is 5.21. The second-order valence-corrected chi connectivity index (χ2v) is 15.1. The number of carbonyl (C=O) groups excluding carboxylic acids is 1. The highest BCUT2D eigenvalue weighted by atomic mass is 28.3. The lowest BCUT2D eigenvalue weighted by atomic mass is 10.1. The van der Waals surface area contributed by atoms with Gasteiger partial charge in [-0.2, -0.15) is 10.1 Å². The van der Waals surface area contributed by atoms with Gasteiger partial charge in [0, 0.05) is 55.9 Å². The summed E-state index contributed by atoms with van der Waals surface area (Å²) in [7, 11) is -1.45. The molecule has 1 aliphatic rings. The maximum absolute atomic E-state index is 12.9. The third-order valence-corrected chi connectivity index (χ3v) is 6.72. The lowest BCUT2D eigenvalue weighted by Crippen LogP contribution is -2.52. The van der Waals surface area contributed by atoms with Gasteiger partial charge in [-0.05, 0) is 32.4 Å². The molecule has 10 nitrogen and oxygen atoms in total. The van der Waals surface area contributed by atoms with Gasteiger partial charge in [0.05, 0.1) is 6.04 Å². The van der Waals surface area contributed by atoms with Crippen molar-refractivity contribution in [2.24, 2.45) is 0 Å². The highest BCUT2D eigenvalue weighted by Gasteiger charge is 2.24. The van der Waals surface area contributed by atoms with E-state index in [0.717, 1.165) is 22.6 Å². The van der Waals surface area contributed by atoms with Gasteiger partial charge in [0.25, 0.3) is 0 Å². The Morgan fingerprint density at radius 2 is 1.84 bits per heavy atom. The standard InChI is InChI=1S/C26H35N9OSi/c1-18-15-23(30-24-16-19(2)32-33-24)31-25(28-18)34-10-12-35(13-11-34)26(36)29-20(3)21-7-8-22(27-17-21)9-14-37(4,5)6/h7-8,15-17,20H,10-13H2,1-6H3,(H,29,36)(H2,28,30,31,32,33). The first-order chi connectivity index (χ1) is 17.6. The minimum Gasteiger partial charge on any atom is -0.337 e. The van der Waals surface area contributed by atoms with Gasteiger partial charge in [0.2, 0.25) is 5.95 Å². The lowest BCUT2D eigenvalue weighted by molar-refractivity contribution is 0.191. The fraction of sp³-hybridized carbons (Fsp3) is 0.423. The molecule has 1 unspecified atom stereocenters. The molecule has 194 valence electrons. The Morgan fingerprint density at radius 3 is 2.46 bits per heavy atom. The Morgan fingerprint density at radius 1 is 1.08 bits per heavy atom. The summed E-state index contributed by atoms with van der Waals surface area (Å²) < 4.78 is 0. The van der Waals surface area contributed by atoms with Crippen LogP contribution in [0.2, 0.25) is 19.6 Å². The molecule has 0 spiro atoms. The van der Waals surface area contributed by atoms with E-state index < -0.39 is 8.07 Å². The lowest BCUT2D eigenvalue weighted by Gasteiger charge is -2.35. The molecule has 3 N–H and O–H groups in total. The molecular weight excluding hydrogens is 482 g/mol. The number of anilines is 3. The van der Waals surface area contributed by atoms with Crippen molar-refractivity contribution in [3.05, 3.63) is 53.1 Å². The molecule has 1 aliphatic heterocycles. The van der Waals surface area contributed by atoms with Crippen LogP contribution in [0.3, 0.4) is 0 Å². The fourth-order valence-corrected chi connectivity index (χ4v) is 4.33. The fourth-order valence-electron chi connectivity index (χ4n) is 3.83. The molecule has 3 aromatic heterocycles. The van der Waals surface area contributed by atoms with E-state index in [2.05, 4.69) is 71.8 Å². The number of nitrogens with zero attached hydrogens (tertiary/aromatic N) is 6. The maximum Gasteiger partial charge on any atom is 0.317 e. The van der Waals surface area contributed by atoms with Gasteiger partial charge in [-0.1, -0.05) is 31.6 Å². The number of nitrogens with one attached hydrogen (secondary N) is 3. The predicted molar refractivity (Wildman–Crippen MR) is 149 cm³/mol. The van der Waals surface area contributed by atoms with Crippen LogP contribution in [0.15, 0.2) is 30.5 Å². The molecule has 3 aromatic rings. The number of rotatable bonds is 5. The maximum atomic E-state index is 12.9. The number of urea groups is 1. The summed E-state index contributed by atoms with van der Waals surface area (Å²) in [6.07, 6.45) is 1.79. The minimum atomic E-state index is -1.45. The largest absolute Gasteiger partial charge is 0.337 e. The van der Waals surface area contributed by atoms with Gasteiger partial charge in [0.1, 0.15) is 19.6 Å². The van der Waals surface area contributed by atoms with Crippen molar-refractivity contribution >= 4 is 31.7 Å². The third-order valence-electron chi connectivity index (χ3n) is 5.85. The Hall–Kier alpha value is -3.91. The number of aryl methyl sites for hydroxylation is 2. The topological polar surface area (TPSA) is 115 Å². The Bertz CT molecular complexity index is 1300. The number of carbonyl (C=O) groups is 1. The van der Waals surface area contributed by atoms with Crippen LogP contribution >= 0.6 is 0 Å². The van der Waals surface area contributed by atoms with Crippen LogP contribution in [-0.4, -0.2) is 70.3 Å². The highest BCUT2D eigenvalue weighted by molar-refractivity contribution is 6.83. The molecular formula is C26H35N9OSi. The molecule has 37 heavy (non-hydrogen) atoms. The van der Waals surface area contributed by atoms with E-state index in [1.807, 2.05) is 49.9 Å². The second kappa shape index (κ2) is 11.0. The quantitative estimate of drug-likeness (QED) is 0.348. The van der Waals surface area contributed by atoms with E-state index >= 15 is 0 Å². The van der Waals surface area contributed by atoms with E-state index in [9.17, 15) is 4.79 Å². The Labute approximate surface area is 219 Å². The van der Waals surface area contributed by atoms with Crippen molar-refractivity contribution < 1.29 is 4.79 Å². The summed E-state index contributed by atoms with van der Waals surface area (Å²) in [4.78, 5) is 30.6. The number of H-pyrrole nitrogens is 1. The number of hydrogen-bond acceptors (Lipinski definition) is 7. The molecule has 11 heteroatoms. The van der Waals surface area contributed by atoms with Crippen molar-refractivity contribution in [1.82, 2.24) is 35.4 Å². The minimum absolute atomic E-state index is 0.0869. The SMILES string of the molecule is Cc1cc(Nc2cc(C)[nH]n2)nc(N2CCN(C(=O)NC(C)c3ccc(C#C[Si](C)(C)C)nc3)CC2)n1. The van der Waals surface area contributed by atoms with Gasteiger partial charge in [-0.3, -0.25) is 5.10 Å². The van der Waals surface area contributed by atoms with Crippen molar-refractivity contribution in [3.63, 3.8) is 0 Å². The predicted octanol–water partition coefficient (Wildman–Crippen LogP) is 3.78. The molecule has 0 bridgehead atoms. The summed E-state index contributed by atoms with van der Waals surface area (Å²) in [6, 6.07) is 7.46. The molecule has 4 rings (SSSR count). The first-order valence-electron chi connectivity index (χ1n) is 12.5. The van der Waals surface area contributed by atoms with Crippen molar-refractivity contribution in [2.75, 3.05) is 36.4 Å². The molecule has 0 radical (unpaired) electrons. The molecule has 4 heterocycles. The van der Waals surface area contributed by atoms with E-state index in [1.165, 1.54) is 0 Å². The summed E-state index contributed by atoms with van der Waals surface area (Å²) in [5, 5.41) is 13.4. The van der Waals surface area contributed by atoms with Gasteiger partial charge in [0.15, 0.2) is 5.82 Å². The van der Waals surface area contributed by atoms with Crippen molar-refractivity contribution in [3.8, 4) is 11.5 Å².